The average Bonchev–Trinajstić information content (AvgIpc) is 2.38. The van der Waals surface area contributed by atoms with Gasteiger partial charge in [0.25, 0.3) is 0 Å². The fraction of sp³-hybridized carbons (Fsp3) is 1.00. The molecule has 0 aromatic rings. The molecule has 1 aliphatic carbocycles. The summed E-state index contributed by atoms with van der Waals surface area (Å²) in [5, 5.41) is 0. The van der Waals surface area contributed by atoms with E-state index < -0.39 is 0 Å². The van der Waals surface area contributed by atoms with Crippen LogP contribution in [0.2, 0.25) is 0 Å². The van der Waals surface area contributed by atoms with E-state index in [2.05, 4.69) is 18.7 Å². The van der Waals surface area contributed by atoms with Crippen LogP contribution in [0, 0.1) is 5.92 Å². The molecule has 0 aromatic carbocycles. The van der Waals surface area contributed by atoms with Crippen molar-refractivity contribution in [3.05, 3.63) is 0 Å². The first-order valence-electron chi connectivity index (χ1n) is 6.12. The highest BCUT2D eigenvalue weighted by molar-refractivity contribution is 4.94. The molecule has 2 heteroatoms. The maximum Gasteiger partial charge on any atom is 0.0166 e. The first-order valence-corrected chi connectivity index (χ1v) is 6.12. The van der Waals surface area contributed by atoms with Crippen molar-refractivity contribution in [2.45, 2.75) is 57.5 Å². The summed E-state index contributed by atoms with van der Waals surface area (Å²) in [6.45, 7) is 7.23. The van der Waals surface area contributed by atoms with E-state index in [0.29, 0.717) is 0 Å². The van der Waals surface area contributed by atoms with Crippen LogP contribution in [0.5, 0.6) is 0 Å². The molecule has 0 aromatic heterocycles. The van der Waals surface area contributed by atoms with Crippen molar-refractivity contribution in [1.29, 1.82) is 0 Å². The van der Waals surface area contributed by atoms with Gasteiger partial charge >= 0.3 is 0 Å². The van der Waals surface area contributed by atoms with Crippen LogP contribution in [0.4, 0.5) is 0 Å². The van der Waals surface area contributed by atoms with Crippen LogP contribution in [0.25, 0.3) is 0 Å². The Kier molecular flexibility index (Phi) is 2.85. The van der Waals surface area contributed by atoms with Crippen LogP contribution >= 0.6 is 0 Å². The zero-order valence-corrected chi connectivity index (χ0v) is 9.63. The van der Waals surface area contributed by atoms with Crippen molar-refractivity contribution in [3.63, 3.8) is 0 Å². The molecule has 1 saturated heterocycles. The monoisotopic (exact) mass is 196 g/mol. The Morgan fingerprint density at radius 2 is 2.07 bits per heavy atom. The van der Waals surface area contributed by atoms with Gasteiger partial charge in [-0.05, 0) is 44.9 Å². The van der Waals surface area contributed by atoms with Gasteiger partial charge in [0.05, 0.1) is 0 Å². The summed E-state index contributed by atoms with van der Waals surface area (Å²) in [6, 6.07) is 0.786. The van der Waals surface area contributed by atoms with E-state index in [9.17, 15) is 0 Å². The van der Waals surface area contributed by atoms with Crippen LogP contribution < -0.4 is 5.73 Å². The second kappa shape index (κ2) is 3.82. The summed E-state index contributed by atoms with van der Waals surface area (Å²) in [5.74, 6) is 0.889. The highest BCUT2D eigenvalue weighted by atomic mass is 15.2. The van der Waals surface area contributed by atoms with Crippen molar-refractivity contribution in [1.82, 2.24) is 4.90 Å². The van der Waals surface area contributed by atoms with E-state index in [-0.39, 0.29) is 5.54 Å². The van der Waals surface area contributed by atoms with Crippen LogP contribution in [0.15, 0.2) is 0 Å². The Balaban J connectivity index is 1.75. The second-order valence-corrected chi connectivity index (χ2v) is 5.65. The highest BCUT2D eigenvalue weighted by Gasteiger charge is 2.34. The van der Waals surface area contributed by atoms with Crippen molar-refractivity contribution in [2.75, 3.05) is 13.1 Å². The molecule has 1 aliphatic heterocycles. The fourth-order valence-electron chi connectivity index (χ4n) is 2.95. The van der Waals surface area contributed by atoms with Crippen molar-refractivity contribution < 1.29 is 0 Å². The number of hydrogen-bond donors (Lipinski definition) is 1. The lowest BCUT2D eigenvalue weighted by Crippen LogP contribution is -2.49. The Morgan fingerprint density at radius 1 is 1.36 bits per heavy atom. The quantitative estimate of drug-likeness (QED) is 0.748. The van der Waals surface area contributed by atoms with Crippen LogP contribution in [-0.2, 0) is 0 Å². The van der Waals surface area contributed by atoms with Gasteiger partial charge < -0.3 is 10.6 Å². The molecule has 0 spiro atoms. The molecule has 2 fully saturated rings. The van der Waals surface area contributed by atoms with Gasteiger partial charge in [0, 0.05) is 24.7 Å². The number of hydrogen-bond acceptors (Lipinski definition) is 2. The summed E-state index contributed by atoms with van der Waals surface area (Å²) in [6.07, 6.45) is 6.44. The van der Waals surface area contributed by atoms with Crippen molar-refractivity contribution in [3.8, 4) is 0 Å². The van der Waals surface area contributed by atoms with Gasteiger partial charge in [0.1, 0.15) is 0 Å². The molecule has 2 rings (SSSR count). The topological polar surface area (TPSA) is 29.3 Å². The van der Waals surface area contributed by atoms with E-state index in [1.54, 1.807) is 0 Å². The van der Waals surface area contributed by atoms with Gasteiger partial charge in [-0.3, -0.25) is 0 Å². The largest absolute Gasteiger partial charge is 0.325 e. The molecule has 1 saturated carbocycles. The van der Waals surface area contributed by atoms with Gasteiger partial charge in [0.15, 0.2) is 0 Å². The predicted molar refractivity (Wildman–Crippen MR) is 60.2 cm³/mol. The minimum atomic E-state index is 0.214. The van der Waals surface area contributed by atoms with Gasteiger partial charge in [0.2, 0.25) is 0 Å². The number of nitrogens with zero attached hydrogens (tertiary/aromatic N) is 1. The van der Waals surface area contributed by atoms with E-state index in [4.69, 9.17) is 5.73 Å². The maximum atomic E-state index is 6.23. The molecule has 82 valence electrons. The summed E-state index contributed by atoms with van der Waals surface area (Å²) in [4.78, 5) is 2.62. The minimum absolute atomic E-state index is 0.214. The molecule has 0 bridgehead atoms. The normalized spacial score (nSPS) is 37.1. The first-order chi connectivity index (χ1) is 6.59. The average molecular weight is 196 g/mol. The van der Waals surface area contributed by atoms with E-state index in [0.717, 1.165) is 12.0 Å². The number of rotatable bonds is 3. The van der Waals surface area contributed by atoms with Crippen LogP contribution in [-0.4, -0.2) is 29.6 Å². The highest BCUT2D eigenvalue weighted by Crippen LogP contribution is 2.33. The lowest BCUT2D eigenvalue weighted by atomic mass is 9.75. The molecule has 2 unspecified atom stereocenters. The standard InChI is InChI=1S/C12H24N2/c1-10-8-11(2)14(9-10)7-6-12(13)4-3-5-12/h10-11H,3-9,13H2,1-2H3. The van der Waals surface area contributed by atoms with Crippen LogP contribution in [0.3, 0.4) is 0 Å². The van der Waals surface area contributed by atoms with Crippen LogP contribution in [0.1, 0.15) is 46.0 Å². The maximum absolute atomic E-state index is 6.23. The molecule has 2 aliphatic rings. The molecular weight excluding hydrogens is 172 g/mol. The van der Waals surface area contributed by atoms with Crippen molar-refractivity contribution >= 4 is 0 Å². The summed E-state index contributed by atoms with van der Waals surface area (Å²) in [5.41, 5.74) is 6.45. The summed E-state index contributed by atoms with van der Waals surface area (Å²) < 4.78 is 0. The smallest absolute Gasteiger partial charge is 0.0166 e. The molecule has 0 radical (unpaired) electrons. The molecule has 14 heavy (non-hydrogen) atoms. The zero-order valence-electron chi connectivity index (χ0n) is 9.63. The Morgan fingerprint density at radius 3 is 2.50 bits per heavy atom. The van der Waals surface area contributed by atoms with Gasteiger partial charge in [-0.1, -0.05) is 6.92 Å². The van der Waals surface area contributed by atoms with Gasteiger partial charge in [-0.15, -0.1) is 0 Å². The van der Waals surface area contributed by atoms with Crippen molar-refractivity contribution in [2.24, 2.45) is 11.7 Å². The van der Waals surface area contributed by atoms with Gasteiger partial charge in [-0.2, -0.15) is 0 Å². The Bertz CT molecular complexity index is 198. The number of nitrogens with two attached hydrogens (primary N) is 1. The van der Waals surface area contributed by atoms with E-state index >= 15 is 0 Å². The predicted octanol–water partition coefficient (Wildman–Crippen LogP) is 1.99. The minimum Gasteiger partial charge on any atom is -0.325 e. The Hall–Kier alpha value is -0.0800. The zero-order chi connectivity index (χ0) is 10.2. The van der Waals surface area contributed by atoms with Gasteiger partial charge in [-0.25, -0.2) is 0 Å². The van der Waals surface area contributed by atoms with E-state index in [1.807, 2.05) is 0 Å². The molecule has 2 N–H and O–H groups in total. The lowest BCUT2D eigenvalue weighted by molar-refractivity contribution is 0.177. The summed E-state index contributed by atoms with van der Waals surface area (Å²) in [7, 11) is 0. The molecular formula is C12H24N2. The third kappa shape index (κ3) is 2.12. The third-order valence-corrected chi connectivity index (χ3v) is 4.16. The molecule has 0 amide bonds. The second-order valence-electron chi connectivity index (χ2n) is 5.65. The lowest BCUT2D eigenvalue weighted by Gasteiger charge is -2.39. The molecule has 1 heterocycles. The molecule has 2 nitrogen and oxygen atoms in total. The SMILES string of the molecule is CC1CC(C)N(CCC2(N)CCC2)C1. The first kappa shape index (κ1) is 10.4. The Labute approximate surface area is 87.8 Å². The van der Waals surface area contributed by atoms with E-state index in [1.165, 1.54) is 45.2 Å². The third-order valence-electron chi connectivity index (χ3n) is 4.16. The summed E-state index contributed by atoms with van der Waals surface area (Å²) >= 11 is 0. The fourth-order valence-corrected chi connectivity index (χ4v) is 2.95. The number of likely N-dealkylation sites (tertiary alicyclic amines) is 1. The molecule has 2 atom stereocenters.